The number of aromatic nitrogens is 4. The molecular weight excluding hydrogens is 322 g/mol. The molecule has 6 heteroatoms. The summed E-state index contributed by atoms with van der Waals surface area (Å²) >= 11 is 0. The highest BCUT2D eigenvalue weighted by Gasteiger charge is 2.07. The zero-order valence-electron chi connectivity index (χ0n) is 12.8. The molecule has 0 aliphatic heterocycles. The van der Waals surface area contributed by atoms with Gasteiger partial charge in [0.15, 0.2) is 5.65 Å². The first-order valence-electron chi connectivity index (χ1n) is 7.43. The summed E-state index contributed by atoms with van der Waals surface area (Å²) < 4.78 is 29.3. The number of hydrogen-bond donors (Lipinski definition) is 0. The van der Waals surface area contributed by atoms with Crippen LogP contribution < -0.4 is 0 Å². The minimum absolute atomic E-state index is 0.226. The molecular formula is C19H10F2N4. The van der Waals surface area contributed by atoms with Crippen LogP contribution in [0.4, 0.5) is 8.78 Å². The Labute approximate surface area is 141 Å². The summed E-state index contributed by atoms with van der Waals surface area (Å²) in [6.45, 7) is 0. The van der Waals surface area contributed by atoms with Crippen LogP contribution in [-0.2, 0) is 0 Å². The first kappa shape index (κ1) is 15.0. The van der Waals surface area contributed by atoms with Crippen molar-refractivity contribution in [2.24, 2.45) is 0 Å². The molecule has 120 valence electrons. The molecule has 0 aliphatic carbocycles. The van der Waals surface area contributed by atoms with E-state index in [4.69, 9.17) is 0 Å². The Kier molecular flexibility index (Phi) is 3.67. The predicted octanol–water partition coefficient (Wildman–Crippen LogP) is 3.47. The van der Waals surface area contributed by atoms with Gasteiger partial charge in [0.05, 0.1) is 6.20 Å². The van der Waals surface area contributed by atoms with Crippen LogP contribution in [0.3, 0.4) is 0 Å². The minimum Gasteiger partial charge on any atom is -0.228 e. The van der Waals surface area contributed by atoms with E-state index in [1.807, 2.05) is 0 Å². The topological polar surface area (TPSA) is 43.1 Å². The molecule has 0 bridgehead atoms. The average molecular weight is 332 g/mol. The van der Waals surface area contributed by atoms with Gasteiger partial charge < -0.3 is 0 Å². The van der Waals surface area contributed by atoms with Crippen molar-refractivity contribution in [2.75, 3.05) is 0 Å². The van der Waals surface area contributed by atoms with Crippen LogP contribution in [0.15, 0.2) is 61.1 Å². The quantitative estimate of drug-likeness (QED) is 0.396. The number of fused-ring (bicyclic) bond motifs is 1. The van der Waals surface area contributed by atoms with Crippen molar-refractivity contribution in [3.63, 3.8) is 0 Å². The fourth-order valence-corrected chi connectivity index (χ4v) is 2.44. The minimum atomic E-state index is -0.653. The predicted molar refractivity (Wildman–Crippen MR) is 88.6 cm³/mol. The van der Waals surface area contributed by atoms with Gasteiger partial charge in [-0.3, -0.25) is 0 Å². The average Bonchev–Trinajstić information content (AvgIpc) is 3.07. The van der Waals surface area contributed by atoms with Crippen molar-refractivity contribution in [2.45, 2.75) is 0 Å². The molecule has 4 nitrogen and oxygen atoms in total. The second-order valence-electron chi connectivity index (χ2n) is 5.27. The second kappa shape index (κ2) is 6.13. The lowest BCUT2D eigenvalue weighted by Gasteiger charge is -2.03. The lowest BCUT2D eigenvalue weighted by atomic mass is 10.0. The van der Waals surface area contributed by atoms with Crippen LogP contribution in [0.2, 0.25) is 0 Å². The summed E-state index contributed by atoms with van der Waals surface area (Å²) in [5, 5.41) is 4.06. The van der Waals surface area contributed by atoms with E-state index in [9.17, 15) is 8.78 Å². The van der Waals surface area contributed by atoms with Crippen molar-refractivity contribution in [1.82, 2.24) is 19.6 Å². The van der Waals surface area contributed by atoms with Gasteiger partial charge in [0.25, 0.3) is 0 Å². The highest BCUT2D eigenvalue weighted by atomic mass is 19.1. The van der Waals surface area contributed by atoms with Crippen LogP contribution in [0.1, 0.15) is 11.3 Å². The number of halogens is 2. The van der Waals surface area contributed by atoms with E-state index in [1.165, 1.54) is 18.3 Å². The molecule has 0 saturated heterocycles. The van der Waals surface area contributed by atoms with Gasteiger partial charge in [0.1, 0.15) is 11.5 Å². The van der Waals surface area contributed by atoms with E-state index in [-0.39, 0.29) is 5.56 Å². The molecule has 0 saturated carbocycles. The molecule has 4 rings (SSSR count). The molecule has 0 radical (unpaired) electrons. The summed E-state index contributed by atoms with van der Waals surface area (Å²) in [7, 11) is 0. The Morgan fingerprint density at radius 3 is 2.76 bits per heavy atom. The van der Waals surface area contributed by atoms with Gasteiger partial charge in [0.2, 0.25) is 5.95 Å². The number of rotatable bonds is 1. The maximum Gasteiger partial charge on any atom is 0.220 e. The van der Waals surface area contributed by atoms with Crippen LogP contribution in [-0.4, -0.2) is 19.6 Å². The SMILES string of the molecule is Fc1cc(C#Cc2ccn3nccc3n2)cc(-c2cccnc2F)c1. The largest absolute Gasteiger partial charge is 0.228 e. The van der Waals surface area contributed by atoms with Crippen LogP contribution in [0.5, 0.6) is 0 Å². The van der Waals surface area contributed by atoms with Crippen molar-refractivity contribution in [3.05, 3.63) is 84.1 Å². The van der Waals surface area contributed by atoms with Gasteiger partial charge in [-0.1, -0.05) is 5.92 Å². The third-order valence-corrected chi connectivity index (χ3v) is 3.56. The summed E-state index contributed by atoms with van der Waals surface area (Å²) in [6.07, 6.45) is 4.73. The summed E-state index contributed by atoms with van der Waals surface area (Å²) in [5.41, 5.74) is 2.24. The Hall–Kier alpha value is -3.59. The molecule has 0 unspecified atom stereocenters. The van der Waals surface area contributed by atoms with Crippen molar-refractivity contribution < 1.29 is 8.78 Å². The highest BCUT2D eigenvalue weighted by Crippen LogP contribution is 2.23. The summed E-state index contributed by atoms with van der Waals surface area (Å²) in [6, 6.07) is 10.8. The van der Waals surface area contributed by atoms with Crippen molar-refractivity contribution >= 4 is 5.65 Å². The van der Waals surface area contributed by atoms with E-state index in [0.29, 0.717) is 22.5 Å². The van der Waals surface area contributed by atoms with Gasteiger partial charge in [-0.15, -0.1) is 0 Å². The first-order valence-corrected chi connectivity index (χ1v) is 7.43. The third kappa shape index (κ3) is 3.08. The number of hydrogen-bond acceptors (Lipinski definition) is 3. The lowest BCUT2D eigenvalue weighted by molar-refractivity contribution is 0.587. The molecule has 0 spiro atoms. The van der Waals surface area contributed by atoms with Gasteiger partial charge in [-0.2, -0.15) is 9.49 Å². The van der Waals surface area contributed by atoms with Gasteiger partial charge in [0, 0.05) is 29.6 Å². The first-order chi connectivity index (χ1) is 12.2. The van der Waals surface area contributed by atoms with E-state index in [0.717, 1.165) is 0 Å². The second-order valence-corrected chi connectivity index (χ2v) is 5.27. The Morgan fingerprint density at radius 1 is 0.960 bits per heavy atom. The van der Waals surface area contributed by atoms with Crippen LogP contribution in [0, 0.1) is 23.6 Å². The fraction of sp³-hybridized carbons (Fsp3) is 0. The molecule has 3 aromatic heterocycles. The van der Waals surface area contributed by atoms with E-state index < -0.39 is 11.8 Å². The highest BCUT2D eigenvalue weighted by molar-refractivity contribution is 5.65. The molecule has 0 atom stereocenters. The molecule has 0 aliphatic rings. The van der Waals surface area contributed by atoms with Gasteiger partial charge >= 0.3 is 0 Å². The van der Waals surface area contributed by atoms with Gasteiger partial charge in [-0.25, -0.2) is 18.9 Å². The molecule has 1 aromatic carbocycles. The molecule has 4 aromatic rings. The summed E-state index contributed by atoms with van der Waals surface area (Å²) in [4.78, 5) is 7.92. The van der Waals surface area contributed by atoms with Crippen LogP contribution in [0.25, 0.3) is 16.8 Å². The number of pyridine rings is 1. The van der Waals surface area contributed by atoms with Crippen molar-refractivity contribution in [1.29, 1.82) is 0 Å². The monoisotopic (exact) mass is 332 g/mol. The van der Waals surface area contributed by atoms with E-state index in [1.54, 1.807) is 47.2 Å². The van der Waals surface area contributed by atoms with E-state index >= 15 is 0 Å². The third-order valence-electron chi connectivity index (χ3n) is 3.56. The molecule has 3 heterocycles. The van der Waals surface area contributed by atoms with Gasteiger partial charge in [-0.05, 0) is 47.9 Å². The Balaban J connectivity index is 1.73. The Morgan fingerprint density at radius 2 is 1.88 bits per heavy atom. The smallest absolute Gasteiger partial charge is 0.220 e. The standard InChI is InChI=1S/C19H10F2N4/c20-15-11-13(10-14(12-15)17-2-1-7-22-19(17)21)3-4-16-6-9-25-18(24-16)5-8-23-25/h1-2,5-12H. The zero-order valence-corrected chi connectivity index (χ0v) is 12.8. The zero-order chi connectivity index (χ0) is 17.2. The normalized spacial score (nSPS) is 10.5. The lowest BCUT2D eigenvalue weighted by Crippen LogP contribution is -1.92. The maximum absolute atomic E-state index is 13.9. The van der Waals surface area contributed by atoms with Crippen molar-refractivity contribution in [3.8, 4) is 23.0 Å². The fourth-order valence-electron chi connectivity index (χ4n) is 2.44. The number of nitrogens with zero attached hydrogens (tertiary/aromatic N) is 4. The van der Waals surface area contributed by atoms with Crippen LogP contribution >= 0.6 is 0 Å². The maximum atomic E-state index is 13.9. The summed E-state index contributed by atoms with van der Waals surface area (Å²) in [5.74, 6) is 4.60. The van der Waals surface area contributed by atoms with E-state index in [2.05, 4.69) is 26.9 Å². The Bertz CT molecular complexity index is 1140. The molecule has 0 amide bonds. The molecule has 0 N–H and O–H groups in total. The number of benzene rings is 1. The molecule has 25 heavy (non-hydrogen) atoms. The molecule has 0 fully saturated rings.